The molecule has 0 radical (unpaired) electrons. The van der Waals surface area contributed by atoms with Crippen LogP contribution in [0.15, 0.2) is 36.5 Å². The molecule has 140 valence electrons. The van der Waals surface area contributed by atoms with Gasteiger partial charge in [0.1, 0.15) is 0 Å². The molecule has 0 N–H and O–H groups in total. The van der Waals surface area contributed by atoms with Gasteiger partial charge < -0.3 is 4.90 Å². The Hall–Kier alpha value is -1.70. The van der Waals surface area contributed by atoms with Gasteiger partial charge in [0.05, 0.1) is 5.52 Å². The van der Waals surface area contributed by atoms with E-state index in [1.807, 2.05) is 30.5 Å². The summed E-state index contributed by atoms with van der Waals surface area (Å²) in [6.07, 6.45) is 5.76. The van der Waals surface area contributed by atoms with Crippen LogP contribution in [0.25, 0.3) is 10.9 Å². The first kappa shape index (κ1) is 17.7. The van der Waals surface area contributed by atoms with Crippen molar-refractivity contribution in [3.63, 3.8) is 0 Å². The maximum absolute atomic E-state index is 13.0. The van der Waals surface area contributed by atoms with E-state index in [0.29, 0.717) is 32.7 Å². The number of nitrogens with zero attached hydrogens (tertiary/aromatic N) is 4. The summed E-state index contributed by atoms with van der Waals surface area (Å²) in [4.78, 5) is 6.74. The molecule has 7 heteroatoms. The molecule has 0 spiro atoms. The Morgan fingerprint density at radius 3 is 2.35 bits per heavy atom. The summed E-state index contributed by atoms with van der Waals surface area (Å²) in [5, 5.41) is 1.13. The third kappa shape index (κ3) is 3.43. The number of anilines is 1. The Kier molecular flexibility index (Phi) is 5.11. The molecule has 1 aromatic heterocycles. The van der Waals surface area contributed by atoms with Gasteiger partial charge in [-0.25, -0.2) is 0 Å². The molecular formula is C19H26N4O2S. The van der Waals surface area contributed by atoms with Crippen molar-refractivity contribution in [2.45, 2.75) is 25.7 Å². The van der Waals surface area contributed by atoms with Crippen LogP contribution in [0.4, 0.5) is 5.69 Å². The molecule has 0 saturated carbocycles. The summed E-state index contributed by atoms with van der Waals surface area (Å²) in [5.74, 6) is 0. The minimum Gasteiger partial charge on any atom is -0.370 e. The Labute approximate surface area is 155 Å². The summed E-state index contributed by atoms with van der Waals surface area (Å²) in [7, 11) is -3.33. The molecular weight excluding hydrogens is 348 g/mol. The first-order valence-electron chi connectivity index (χ1n) is 9.50. The highest BCUT2D eigenvalue weighted by molar-refractivity contribution is 7.86. The van der Waals surface area contributed by atoms with Gasteiger partial charge in [0.25, 0.3) is 10.2 Å². The SMILES string of the molecule is O=S(=O)(N1CCCCC1)N1CCCN(c2ccnc3ccccc23)CC1. The number of hydrogen-bond donors (Lipinski definition) is 0. The Bertz CT molecular complexity index is 859. The van der Waals surface area contributed by atoms with E-state index in [2.05, 4.69) is 16.0 Å². The topological polar surface area (TPSA) is 56.8 Å². The van der Waals surface area contributed by atoms with Crippen molar-refractivity contribution in [3.05, 3.63) is 36.5 Å². The first-order chi connectivity index (χ1) is 12.7. The lowest BCUT2D eigenvalue weighted by Gasteiger charge is -2.31. The average molecular weight is 375 g/mol. The highest BCUT2D eigenvalue weighted by Crippen LogP contribution is 2.27. The zero-order valence-electron chi connectivity index (χ0n) is 15.0. The fourth-order valence-electron chi connectivity index (χ4n) is 3.98. The van der Waals surface area contributed by atoms with Gasteiger partial charge in [-0.05, 0) is 31.4 Å². The quantitative estimate of drug-likeness (QED) is 0.828. The van der Waals surface area contributed by atoms with Gasteiger partial charge in [-0.1, -0.05) is 24.6 Å². The molecule has 6 nitrogen and oxygen atoms in total. The summed E-state index contributed by atoms with van der Waals surface area (Å²) in [6, 6.07) is 10.2. The Morgan fingerprint density at radius 2 is 1.50 bits per heavy atom. The van der Waals surface area contributed by atoms with Gasteiger partial charge in [0.15, 0.2) is 0 Å². The monoisotopic (exact) mass is 374 g/mol. The van der Waals surface area contributed by atoms with E-state index in [4.69, 9.17) is 0 Å². The number of para-hydroxylation sites is 1. The van der Waals surface area contributed by atoms with Crippen molar-refractivity contribution in [1.29, 1.82) is 0 Å². The predicted molar refractivity (Wildman–Crippen MR) is 104 cm³/mol. The maximum Gasteiger partial charge on any atom is 0.282 e. The number of rotatable bonds is 3. The molecule has 2 saturated heterocycles. The zero-order chi connectivity index (χ0) is 18.0. The highest BCUT2D eigenvalue weighted by Gasteiger charge is 2.32. The van der Waals surface area contributed by atoms with Crippen molar-refractivity contribution in [3.8, 4) is 0 Å². The summed E-state index contributed by atoms with van der Waals surface area (Å²) >= 11 is 0. The Morgan fingerprint density at radius 1 is 0.769 bits per heavy atom. The van der Waals surface area contributed by atoms with Crippen LogP contribution in [0, 0.1) is 0 Å². The van der Waals surface area contributed by atoms with Crippen molar-refractivity contribution >= 4 is 26.8 Å². The van der Waals surface area contributed by atoms with Gasteiger partial charge >= 0.3 is 0 Å². The Balaban J connectivity index is 1.53. The van der Waals surface area contributed by atoms with E-state index in [0.717, 1.165) is 48.8 Å². The van der Waals surface area contributed by atoms with Crippen molar-refractivity contribution < 1.29 is 8.42 Å². The van der Waals surface area contributed by atoms with E-state index in [9.17, 15) is 8.42 Å². The van der Waals surface area contributed by atoms with Gasteiger partial charge in [-0.3, -0.25) is 4.98 Å². The molecule has 0 unspecified atom stereocenters. The third-order valence-corrected chi connectivity index (χ3v) is 7.42. The van der Waals surface area contributed by atoms with Crippen LogP contribution >= 0.6 is 0 Å². The van der Waals surface area contributed by atoms with E-state index in [1.54, 1.807) is 8.61 Å². The van der Waals surface area contributed by atoms with Crippen LogP contribution in [0.3, 0.4) is 0 Å². The standard InChI is InChI=1S/C19H26N4O2S/c24-26(25,22-12-4-1-5-13-22)23-14-6-11-21(15-16-23)19-9-10-20-18-8-3-2-7-17(18)19/h2-3,7-10H,1,4-6,11-16H2. The summed E-state index contributed by atoms with van der Waals surface area (Å²) in [6.45, 7) is 4.03. The maximum atomic E-state index is 13.0. The largest absolute Gasteiger partial charge is 0.370 e. The number of benzene rings is 1. The van der Waals surface area contributed by atoms with Crippen LogP contribution in [0.1, 0.15) is 25.7 Å². The number of aromatic nitrogens is 1. The lowest BCUT2D eigenvalue weighted by atomic mass is 10.1. The van der Waals surface area contributed by atoms with Crippen LogP contribution in [-0.4, -0.2) is 61.3 Å². The van der Waals surface area contributed by atoms with E-state index >= 15 is 0 Å². The average Bonchev–Trinajstić information content (AvgIpc) is 2.95. The first-order valence-corrected chi connectivity index (χ1v) is 10.9. The highest BCUT2D eigenvalue weighted by atomic mass is 32.2. The molecule has 3 heterocycles. The second kappa shape index (κ2) is 7.50. The molecule has 0 atom stereocenters. The molecule has 26 heavy (non-hydrogen) atoms. The van der Waals surface area contributed by atoms with Crippen molar-refractivity contribution in [2.75, 3.05) is 44.2 Å². The minimum atomic E-state index is -3.33. The second-order valence-corrected chi connectivity index (χ2v) is 8.98. The number of fused-ring (bicyclic) bond motifs is 1. The van der Waals surface area contributed by atoms with Crippen LogP contribution < -0.4 is 4.90 Å². The van der Waals surface area contributed by atoms with Gasteiger partial charge in [-0.15, -0.1) is 0 Å². The predicted octanol–water partition coefficient (Wildman–Crippen LogP) is 2.48. The van der Waals surface area contributed by atoms with E-state index < -0.39 is 10.2 Å². The minimum absolute atomic E-state index is 0.537. The number of hydrogen-bond acceptors (Lipinski definition) is 4. The molecule has 0 bridgehead atoms. The van der Waals surface area contributed by atoms with E-state index in [-0.39, 0.29) is 0 Å². The van der Waals surface area contributed by atoms with Crippen LogP contribution in [0.5, 0.6) is 0 Å². The second-order valence-electron chi connectivity index (χ2n) is 7.05. The fourth-order valence-corrected chi connectivity index (χ4v) is 5.70. The molecule has 4 rings (SSSR count). The van der Waals surface area contributed by atoms with E-state index in [1.165, 1.54) is 0 Å². The number of piperidine rings is 1. The molecule has 2 fully saturated rings. The zero-order valence-corrected chi connectivity index (χ0v) is 15.9. The van der Waals surface area contributed by atoms with Gasteiger partial charge in [-0.2, -0.15) is 17.0 Å². The third-order valence-electron chi connectivity index (χ3n) is 5.39. The van der Waals surface area contributed by atoms with Crippen molar-refractivity contribution in [2.24, 2.45) is 0 Å². The molecule has 2 aliphatic heterocycles. The van der Waals surface area contributed by atoms with Crippen molar-refractivity contribution in [1.82, 2.24) is 13.6 Å². The van der Waals surface area contributed by atoms with Gasteiger partial charge in [0.2, 0.25) is 0 Å². The molecule has 2 aliphatic rings. The molecule has 0 aliphatic carbocycles. The summed E-state index contributed by atoms with van der Waals surface area (Å²) < 4.78 is 29.3. The van der Waals surface area contributed by atoms with Crippen LogP contribution in [0.2, 0.25) is 0 Å². The lowest BCUT2D eigenvalue weighted by molar-refractivity contribution is 0.307. The normalized spacial score (nSPS) is 21.0. The number of pyridine rings is 1. The lowest BCUT2D eigenvalue weighted by Crippen LogP contribution is -2.47. The summed E-state index contributed by atoms with van der Waals surface area (Å²) in [5.41, 5.74) is 2.12. The molecule has 0 amide bonds. The molecule has 2 aromatic rings. The van der Waals surface area contributed by atoms with Crippen LogP contribution in [-0.2, 0) is 10.2 Å². The fraction of sp³-hybridized carbons (Fsp3) is 0.526. The van der Waals surface area contributed by atoms with Gasteiger partial charge in [0, 0.05) is 56.5 Å². The smallest absolute Gasteiger partial charge is 0.282 e. The molecule has 1 aromatic carbocycles.